The Balaban J connectivity index is 2.69. The van der Waals surface area contributed by atoms with Crippen molar-refractivity contribution in [2.75, 3.05) is 0 Å². The minimum absolute atomic E-state index is 0.569. The van der Waals surface area contributed by atoms with Gasteiger partial charge in [-0.2, -0.15) is 0 Å². The molecule has 0 amide bonds. The Morgan fingerprint density at radius 1 is 1.33 bits per heavy atom. The van der Waals surface area contributed by atoms with Gasteiger partial charge in [0.1, 0.15) is 0 Å². The van der Waals surface area contributed by atoms with E-state index in [9.17, 15) is 0 Å². The zero-order chi connectivity index (χ0) is 10.8. The summed E-state index contributed by atoms with van der Waals surface area (Å²) in [6, 6.07) is 6.54. The molecule has 0 unspecified atom stereocenters. The molecule has 0 bridgehead atoms. The lowest BCUT2D eigenvalue weighted by molar-refractivity contribution is 0.854. The smallest absolute Gasteiger partial charge is 0.0457 e. The Labute approximate surface area is 90.8 Å². The van der Waals surface area contributed by atoms with Gasteiger partial charge in [0.15, 0.2) is 0 Å². The SMILES string of the molecule is C=CCc1c(C(C)C)ccc2[nH]ccc12. The zero-order valence-corrected chi connectivity index (χ0v) is 9.38. The lowest BCUT2D eigenvalue weighted by Gasteiger charge is -2.12. The van der Waals surface area contributed by atoms with E-state index in [4.69, 9.17) is 0 Å². The number of rotatable bonds is 3. The van der Waals surface area contributed by atoms with Gasteiger partial charge >= 0.3 is 0 Å². The number of allylic oxidation sites excluding steroid dienone is 1. The predicted molar refractivity (Wildman–Crippen MR) is 66.3 cm³/mol. The molecule has 2 aromatic rings. The Hall–Kier alpha value is -1.50. The van der Waals surface area contributed by atoms with Crippen LogP contribution in [0.1, 0.15) is 30.9 Å². The first-order valence-electron chi connectivity index (χ1n) is 5.43. The van der Waals surface area contributed by atoms with E-state index in [0.717, 1.165) is 6.42 Å². The molecule has 1 nitrogen and oxygen atoms in total. The van der Waals surface area contributed by atoms with E-state index in [0.29, 0.717) is 5.92 Å². The number of fused-ring (bicyclic) bond motifs is 1. The number of aromatic amines is 1. The first-order valence-corrected chi connectivity index (χ1v) is 5.43. The fourth-order valence-corrected chi connectivity index (χ4v) is 2.13. The van der Waals surface area contributed by atoms with Gasteiger partial charge in [-0.25, -0.2) is 0 Å². The van der Waals surface area contributed by atoms with E-state index in [2.05, 4.69) is 43.6 Å². The molecule has 0 saturated heterocycles. The molecule has 78 valence electrons. The third-order valence-corrected chi connectivity index (χ3v) is 2.85. The standard InChI is InChI=1S/C14H17N/c1-4-5-12-11(10(2)3)6-7-14-13(12)8-9-15-14/h4,6-10,15H,1,5H2,2-3H3. The maximum absolute atomic E-state index is 3.84. The summed E-state index contributed by atoms with van der Waals surface area (Å²) < 4.78 is 0. The molecule has 0 radical (unpaired) electrons. The van der Waals surface area contributed by atoms with Crippen molar-refractivity contribution in [3.05, 3.63) is 48.2 Å². The van der Waals surface area contributed by atoms with Crippen LogP contribution in [-0.4, -0.2) is 4.98 Å². The normalized spacial score (nSPS) is 11.1. The van der Waals surface area contributed by atoms with Crippen LogP contribution in [-0.2, 0) is 6.42 Å². The Kier molecular flexibility index (Phi) is 2.63. The van der Waals surface area contributed by atoms with Gasteiger partial charge in [0.05, 0.1) is 0 Å². The van der Waals surface area contributed by atoms with Crippen molar-refractivity contribution in [1.82, 2.24) is 4.98 Å². The number of benzene rings is 1. The Morgan fingerprint density at radius 2 is 2.13 bits per heavy atom. The van der Waals surface area contributed by atoms with E-state index in [1.54, 1.807) is 0 Å². The Morgan fingerprint density at radius 3 is 2.80 bits per heavy atom. The van der Waals surface area contributed by atoms with Crippen LogP contribution in [0.5, 0.6) is 0 Å². The van der Waals surface area contributed by atoms with Crippen molar-refractivity contribution >= 4 is 10.9 Å². The number of H-pyrrole nitrogens is 1. The maximum atomic E-state index is 3.84. The van der Waals surface area contributed by atoms with Crippen LogP contribution in [0.3, 0.4) is 0 Å². The average molecular weight is 199 g/mol. The highest BCUT2D eigenvalue weighted by atomic mass is 14.7. The molecule has 1 aromatic heterocycles. The molecule has 0 aliphatic rings. The van der Waals surface area contributed by atoms with Gasteiger partial charge in [-0.15, -0.1) is 6.58 Å². The molecular weight excluding hydrogens is 182 g/mol. The van der Waals surface area contributed by atoms with Gasteiger partial charge < -0.3 is 4.98 Å². The number of hydrogen-bond acceptors (Lipinski definition) is 0. The topological polar surface area (TPSA) is 15.8 Å². The van der Waals surface area contributed by atoms with E-state index >= 15 is 0 Å². The van der Waals surface area contributed by atoms with E-state index in [-0.39, 0.29) is 0 Å². The van der Waals surface area contributed by atoms with Crippen LogP contribution < -0.4 is 0 Å². The van der Waals surface area contributed by atoms with Gasteiger partial charge in [0, 0.05) is 17.1 Å². The second kappa shape index (κ2) is 3.93. The van der Waals surface area contributed by atoms with Crippen molar-refractivity contribution in [3.8, 4) is 0 Å². The summed E-state index contributed by atoms with van der Waals surface area (Å²) in [5.74, 6) is 0.569. The van der Waals surface area contributed by atoms with Crippen LogP contribution in [0.15, 0.2) is 37.1 Å². The van der Waals surface area contributed by atoms with Crippen molar-refractivity contribution in [1.29, 1.82) is 0 Å². The highest BCUT2D eigenvalue weighted by Gasteiger charge is 2.09. The first-order chi connectivity index (χ1) is 7.24. The molecule has 15 heavy (non-hydrogen) atoms. The molecule has 0 saturated carbocycles. The molecule has 1 aromatic carbocycles. The van der Waals surface area contributed by atoms with Gasteiger partial charge in [-0.1, -0.05) is 26.0 Å². The predicted octanol–water partition coefficient (Wildman–Crippen LogP) is 4.02. The second-order valence-electron chi connectivity index (χ2n) is 4.22. The van der Waals surface area contributed by atoms with Gasteiger partial charge in [-0.3, -0.25) is 0 Å². The van der Waals surface area contributed by atoms with Gasteiger partial charge in [-0.05, 0) is 35.6 Å². The van der Waals surface area contributed by atoms with Crippen LogP contribution in [0.4, 0.5) is 0 Å². The largest absolute Gasteiger partial charge is 0.361 e. The van der Waals surface area contributed by atoms with Crippen molar-refractivity contribution in [2.24, 2.45) is 0 Å². The second-order valence-corrected chi connectivity index (χ2v) is 4.22. The number of hydrogen-bond donors (Lipinski definition) is 1. The number of aromatic nitrogens is 1. The highest BCUT2D eigenvalue weighted by Crippen LogP contribution is 2.27. The molecule has 1 N–H and O–H groups in total. The van der Waals surface area contributed by atoms with E-state index < -0.39 is 0 Å². The molecular formula is C14H17N. The summed E-state index contributed by atoms with van der Waals surface area (Å²) in [6.45, 7) is 8.31. The van der Waals surface area contributed by atoms with Gasteiger partial charge in [0.25, 0.3) is 0 Å². The first kappa shape index (κ1) is 10.0. The molecule has 0 atom stereocenters. The number of nitrogens with one attached hydrogen (secondary N) is 1. The summed E-state index contributed by atoms with van der Waals surface area (Å²) in [5.41, 5.74) is 4.07. The molecule has 0 aliphatic heterocycles. The average Bonchev–Trinajstić information content (AvgIpc) is 2.66. The van der Waals surface area contributed by atoms with Crippen LogP contribution in [0.25, 0.3) is 10.9 Å². The summed E-state index contributed by atoms with van der Waals surface area (Å²) in [5, 5.41) is 1.33. The quantitative estimate of drug-likeness (QED) is 0.719. The summed E-state index contributed by atoms with van der Waals surface area (Å²) in [7, 11) is 0. The third kappa shape index (κ3) is 1.70. The minimum Gasteiger partial charge on any atom is -0.361 e. The lowest BCUT2D eigenvalue weighted by atomic mass is 9.93. The van der Waals surface area contributed by atoms with Crippen molar-refractivity contribution in [3.63, 3.8) is 0 Å². The molecule has 0 spiro atoms. The third-order valence-electron chi connectivity index (χ3n) is 2.85. The van der Waals surface area contributed by atoms with Crippen molar-refractivity contribution in [2.45, 2.75) is 26.2 Å². The highest BCUT2D eigenvalue weighted by molar-refractivity contribution is 5.84. The van der Waals surface area contributed by atoms with Crippen LogP contribution in [0.2, 0.25) is 0 Å². The molecule has 0 aliphatic carbocycles. The van der Waals surface area contributed by atoms with Crippen LogP contribution in [0, 0.1) is 0 Å². The summed E-state index contributed by atoms with van der Waals surface area (Å²) in [6.07, 6.45) is 4.93. The zero-order valence-electron chi connectivity index (χ0n) is 9.38. The van der Waals surface area contributed by atoms with E-state index in [1.165, 1.54) is 22.0 Å². The molecule has 0 fully saturated rings. The van der Waals surface area contributed by atoms with Crippen molar-refractivity contribution < 1.29 is 0 Å². The van der Waals surface area contributed by atoms with Crippen LogP contribution >= 0.6 is 0 Å². The van der Waals surface area contributed by atoms with E-state index in [1.807, 2.05) is 12.3 Å². The Bertz CT molecular complexity index is 477. The monoisotopic (exact) mass is 199 g/mol. The summed E-state index contributed by atoms with van der Waals surface area (Å²) in [4.78, 5) is 3.25. The lowest BCUT2D eigenvalue weighted by Crippen LogP contribution is -1.95. The molecule has 2 rings (SSSR count). The molecule has 1 heteroatoms. The molecule has 1 heterocycles. The van der Waals surface area contributed by atoms with Gasteiger partial charge in [0.2, 0.25) is 0 Å². The summed E-state index contributed by atoms with van der Waals surface area (Å²) >= 11 is 0. The minimum atomic E-state index is 0.569. The fourth-order valence-electron chi connectivity index (χ4n) is 2.13. The maximum Gasteiger partial charge on any atom is 0.0457 e. The fraction of sp³-hybridized carbons (Fsp3) is 0.286.